The van der Waals surface area contributed by atoms with Crippen LogP contribution in [0.1, 0.15) is 49.9 Å². The summed E-state index contributed by atoms with van der Waals surface area (Å²) in [5, 5.41) is 3.06. The molecule has 1 heterocycles. The summed E-state index contributed by atoms with van der Waals surface area (Å²) in [5.74, 6) is -0.0791. The molecular weight excluding hydrogens is 318 g/mol. The molecule has 25 heavy (non-hydrogen) atoms. The highest BCUT2D eigenvalue weighted by atomic mass is 16.5. The summed E-state index contributed by atoms with van der Waals surface area (Å²) < 4.78 is 6.97. The van der Waals surface area contributed by atoms with Crippen molar-refractivity contribution in [3.63, 3.8) is 0 Å². The number of nitrogens with one attached hydrogen (secondary N) is 2. The Hall–Kier alpha value is -2.08. The first-order valence-corrected chi connectivity index (χ1v) is 9.17. The largest absolute Gasteiger partial charge is 0.380 e. The molecule has 136 valence electrons. The number of benzene rings is 1. The minimum Gasteiger partial charge on any atom is -0.380 e. The van der Waals surface area contributed by atoms with Gasteiger partial charge in [-0.15, -0.1) is 0 Å². The van der Waals surface area contributed by atoms with E-state index in [4.69, 9.17) is 4.74 Å². The normalized spacial score (nSPS) is 15.9. The molecule has 1 aliphatic carbocycles. The standard InChI is InChI=1S/C19H27N3O3/c1-3-19(8-5-9-19)13-20-17(23)14-6-7-16-15(12-14)21-18(24)22(16)10-11-25-4-2/h6-7,12H,3-5,8-11,13H2,1-2H3,(H,20,23)(H,21,24). The van der Waals surface area contributed by atoms with Crippen LogP contribution in [0.5, 0.6) is 0 Å². The number of aromatic nitrogens is 2. The average molecular weight is 345 g/mol. The van der Waals surface area contributed by atoms with Gasteiger partial charge in [-0.2, -0.15) is 0 Å². The molecule has 0 saturated heterocycles. The van der Waals surface area contributed by atoms with Crippen LogP contribution in [-0.2, 0) is 11.3 Å². The van der Waals surface area contributed by atoms with Gasteiger partial charge < -0.3 is 15.0 Å². The summed E-state index contributed by atoms with van der Waals surface area (Å²) in [6.07, 6.45) is 4.74. The van der Waals surface area contributed by atoms with Gasteiger partial charge in [0.1, 0.15) is 0 Å². The van der Waals surface area contributed by atoms with Crippen LogP contribution in [0, 0.1) is 5.41 Å². The van der Waals surface area contributed by atoms with E-state index in [9.17, 15) is 9.59 Å². The number of fused-ring (bicyclic) bond motifs is 1. The van der Waals surface area contributed by atoms with Crippen LogP contribution in [0.2, 0.25) is 0 Å². The van der Waals surface area contributed by atoms with Gasteiger partial charge in [0, 0.05) is 18.7 Å². The number of aromatic amines is 1. The summed E-state index contributed by atoms with van der Waals surface area (Å²) in [7, 11) is 0. The lowest BCUT2D eigenvalue weighted by molar-refractivity contribution is 0.0850. The summed E-state index contributed by atoms with van der Waals surface area (Å²) in [5.41, 5.74) is 2.17. The van der Waals surface area contributed by atoms with E-state index in [1.54, 1.807) is 16.7 Å². The van der Waals surface area contributed by atoms with Crippen molar-refractivity contribution in [1.29, 1.82) is 0 Å². The molecule has 0 spiro atoms. The number of carbonyl (C=O) groups excluding carboxylic acids is 1. The molecule has 0 atom stereocenters. The maximum absolute atomic E-state index is 12.5. The molecule has 0 aliphatic heterocycles. The number of carbonyl (C=O) groups is 1. The van der Waals surface area contributed by atoms with E-state index in [1.807, 2.05) is 13.0 Å². The predicted octanol–water partition coefficient (Wildman–Crippen LogP) is 2.68. The molecule has 6 nitrogen and oxygen atoms in total. The Morgan fingerprint density at radius 2 is 2.16 bits per heavy atom. The topological polar surface area (TPSA) is 76.1 Å². The van der Waals surface area contributed by atoms with E-state index in [0.717, 1.165) is 18.5 Å². The second-order valence-electron chi connectivity index (χ2n) is 6.90. The van der Waals surface area contributed by atoms with Crippen molar-refractivity contribution in [2.45, 2.75) is 46.1 Å². The van der Waals surface area contributed by atoms with Gasteiger partial charge in [0.2, 0.25) is 0 Å². The van der Waals surface area contributed by atoms with Crippen molar-refractivity contribution >= 4 is 16.9 Å². The van der Waals surface area contributed by atoms with Crippen molar-refractivity contribution in [2.75, 3.05) is 19.8 Å². The minimum absolute atomic E-state index is 0.0791. The molecule has 3 rings (SSSR count). The molecule has 1 saturated carbocycles. The van der Waals surface area contributed by atoms with Crippen LogP contribution >= 0.6 is 0 Å². The van der Waals surface area contributed by atoms with Crippen LogP contribution < -0.4 is 11.0 Å². The van der Waals surface area contributed by atoms with Crippen molar-refractivity contribution in [1.82, 2.24) is 14.9 Å². The SMILES string of the molecule is CCOCCn1c(=O)[nH]c2cc(C(=O)NCC3(CC)CCC3)ccc21. The highest BCUT2D eigenvalue weighted by molar-refractivity contribution is 5.97. The average Bonchev–Trinajstić information content (AvgIpc) is 2.89. The molecule has 1 aromatic carbocycles. The lowest BCUT2D eigenvalue weighted by Gasteiger charge is -2.41. The molecule has 0 unspecified atom stereocenters. The van der Waals surface area contributed by atoms with E-state index >= 15 is 0 Å². The maximum atomic E-state index is 12.5. The van der Waals surface area contributed by atoms with Crippen LogP contribution in [0.15, 0.2) is 23.0 Å². The maximum Gasteiger partial charge on any atom is 0.326 e. The first kappa shape index (κ1) is 17.7. The van der Waals surface area contributed by atoms with Crippen molar-refractivity contribution in [3.05, 3.63) is 34.2 Å². The van der Waals surface area contributed by atoms with E-state index in [1.165, 1.54) is 19.3 Å². The van der Waals surface area contributed by atoms with Gasteiger partial charge in [-0.05, 0) is 49.8 Å². The second-order valence-corrected chi connectivity index (χ2v) is 6.90. The number of hydrogen-bond donors (Lipinski definition) is 2. The zero-order valence-corrected chi connectivity index (χ0v) is 15.1. The lowest BCUT2D eigenvalue weighted by Crippen LogP contribution is -2.41. The number of amides is 1. The summed E-state index contributed by atoms with van der Waals surface area (Å²) >= 11 is 0. The van der Waals surface area contributed by atoms with E-state index in [-0.39, 0.29) is 17.0 Å². The Labute approximate surface area is 147 Å². The quantitative estimate of drug-likeness (QED) is 0.722. The van der Waals surface area contributed by atoms with Gasteiger partial charge in [-0.1, -0.05) is 13.3 Å². The van der Waals surface area contributed by atoms with E-state index in [0.29, 0.717) is 30.8 Å². The van der Waals surface area contributed by atoms with Gasteiger partial charge in [0.25, 0.3) is 5.91 Å². The lowest BCUT2D eigenvalue weighted by atomic mass is 9.67. The van der Waals surface area contributed by atoms with E-state index in [2.05, 4.69) is 17.2 Å². The third-order valence-corrected chi connectivity index (χ3v) is 5.49. The van der Waals surface area contributed by atoms with Gasteiger partial charge in [-0.3, -0.25) is 9.36 Å². The van der Waals surface area contributed by atoms with Crippen LogP contribution in [0.4, 0.5) is 0 Å². The molecular formula is C19H27N3O3. The number of rotatable bonds is 8. The fourth-order valence-corrected chi connectivity index (χ4v) is 3.53. The van der Waals surface area contributed by atoms with Crippen molar-refractivity contribution < 1.29 is 9.53 Å². The zero-order valence-electron chi connectivity index (χ0n) is 15.1. The molecule has 1 aliphatic rings. The molecule has 0 radical (unpaired) electrons. The zero-order chi connectivity index (χ0) is 17.9. The van der Waals surface area contributed by atoms with Crippen molar-refractivity contribution in [3.8, 4) is 0 Å². The highest BCUT2D eigenvalue weighted by Gasteiger charge is 2.35. The summed E-state index contributed by atoms with van der Waals surface area (Å²) in [6.45, 7) is 6.46. The first-order valence-electron chi connectivity index (χ1n) is 9.17. The number of ether oxygens (including phenoxy) is 1. The molecule has 0 bridgehead atoms. The van der Waals surface area contributed by atoms with Gasteiger partial charge in [-0.25, -0.2) is 4.79 Å². The minimum atomic E-state index is -0.174. The molecule has 1 amide bonds. The van der Waals surface area contributed by atoms with Gasteiger partial charge in [0.15, 0.2) is 0 Å². The molecule has 2 aromatic rings. The van der Waals surface area contributed by atoms with Crippen LogP contribution in [0.25, 0.3) is 11.0 Å². The number of hydrogen-bond acceptors (Lipinski definition) is 3. The van der Waals surface area contributed by atoms with Gasteiger partial charge in [0.05, 0.1) is 24.2 Å². The Balaban J connectivity index is 1.72. The molecule has 1 fully saturated rings. The Morgan fingerprint density at radius 3 is 2.80 bits per heavy atom. The molecule has 6 heteroatoms. The number of nitrogens with zero attached hydrogens (tertiary/aromatic N) is 1. The predicted molar refractivity (Wildman–Crippen MR) is 98.0 cm³/mol. The fourth-order valence-electron chi connectivity index (χ4n) is 3.53. The van der Waals surface area contributed by atoms with E-state index < -0.39 is 0 Å². The van der Waals surface area contributed by atoms with Crippen LogP contribution in [0.3, 0.4) is 0 Å². The monoisotopic (exact) mass is 345 g/mol. The molecule has 2 N–H and O–H groups in total. The number of H-pyrrole nitrogens is 1. The first-order chi connectivity index (χ1) is 12.1. The Bertz CT molecular complexity index is 796. The van der Waals surface area contributed by atoms with Crippen molar-refractivity contribution in [2.24, 2.45) is 5.41 Å². The Kier molecular flexibility index (Phi) is 5.27. The Morgan fingerprint density at radius 1 is 1.36 bits per heavy atom. The fraction of sp³-hybridized carbons (Fsp3) is 0.579. The smallest absolute Gasteiger partial charge is 0.326 e. The third-order valence-electron chi connectivity index (χ3n) is 5.49. The number of imidazole rings is 1. The van der Waals surface area contributed by atoms with Crippen LogP contribution in [-0.4, -0.2) is 35.2 Å². The highest BCUT2D eigenvalue weighted by Crippen LogP contribution is 2.43. The summed E-state index contributed by atoms with van der Waals surface area (Å²) in [6, 6.07) is 5.36. The van der Waals surface area contributed by atoms with Gasteiger partial charge >= 0.3 is 5.69 Å². The second kappa shape index (κ2) is 7.44. The third kappa shape index (κ3) is 3.63. The molecule has 1 aromatic heterocycles. The summed E-state index contributed by atoms with van der Waals surface area (Å²) in [4.78, 5) is 27.4.